The fraction of sp³-hybridized carbons (Fsp3) is 0.240. The highest BCUT2D eigenvalue weighted by atomic mass is 32.2. The van der Waals surface area contributed by atoms with Crippen LogP contribution in [0.4, 0.5) is 11.4 Å². The fourth-order valence-electron chi connectivity index (χ4n) is 2.80. The predicted octanol–water partition coefficient (Wildman–Crippen LogP) is 6.08. The van der Waals surface area contributed by atoms with E-state index < -0.39 is 0 Å². The lowest BCUT2D eigenvalue weighted by molar-refractivity contribution is -0.115. The maximum atomic E-state index is 12.6. The van der Waals surface area contributed by atoms with Crippen LogP contribution in [0.5, 0.6) is 0 Å². The van der Waals surface area contributed by atoms with E-state index in [9.17, 15) is 14.4 Å². The van der Waals surface area contributed by atoms with E-state index in [0.29, 0.717) is 28.4 Å². The Morgan fingerprint density at radius 1 is 0.970 bits per heavy atom. The molecule has 1 unspecified atom stereocenters. The van der Waals surface area contributed by atoms with Crippen molar-refractivity contribution in [3.63, 3.8) is 0 Å². The minimum Gasteiger partial charge on any atom is -0.462 e. The SMILES string of the molecule is CCCCOC(=O)c1ccc(NC(=O)C(C)Sc2ccc(NC(=O)c3cccs3)cc2)cc1. The smallest absolute Gasteiger partial charge is 0.338 e. The molecule has 8 heteroatoms. The van der Waals surface area contributed by atoms with E-state index in [2.05, 4.69) is 10.6 Å². The highest BCUT2D eigenvalue weighted by molar-refractivity contribution is 8.00. The van der Waals surface area contributed by atoms with Gasteiger partial charge in [-0.1, -0.05) is 19.4 Å². The van der Waals surface area contributed by atoms with Gasteiger partial charge < -0.3 is 15.4 Å². The van der Waals surface area contributed by atoms with Gasteiger partial charge in [-0.05, 0) is 73.3 Å². The van der Waals surface area contributed by atoms with Gasteiger partial charge in [-0.15, -0.1) is 23.1 Å². The molecule has 0 bridgehead atoms. The van der Waals surface area contributed by atoms with Crippen molar-refractivity contribution in [2.75, 3.05) is 17.2 Å². The Labute approximate surface area is 201 Å². The summed E-state index contributed by atoms with van der Waals surface area (Å²) in [4.78, 5) is 38.2. The summed E-state index contributed by atoms with van der Waals surface area (Å²) in [6.07, 6.45) is 1.80. The van der Waals surface area contributed by atoms with Gasteiger partial charge in [-0.3, -0.25) is 9.59 Å². The molecule has 0 saturated heterocycles. The Morgan fingerprint density at radius 2 is 1.64 bits per heavy atom. The molecule has 0 saturated carbocycles. The molecule has 2 N–H and O–H groups in total. The number of thiophene rings is 1. The van der Waals surface area contributed by atoms with Crippen LogP contribution >= 0.6 is 23.1 Å². The maximum absolute atomic E-state index is 12.6. The second-order valence-electron chi connectivity index (χ2n) is 7.27. The molecule has 1 atom stereocenters. The number of ether oxygens (including phenoxy) is 1. The maximum Gasteiger partial charge on any atom is 0.338 e. The number of hydrogen-bond donors (Lipinski definition) is 2. The summed E-state index contributed by atoms with van der Waals surface area (Å²) in [5.74, 6) is -0.646. The van der Waals surface area contributed by atoms with Gasteiger partial charge in [0.05, 0.1) is 22.3 Å². The molecule has 0 aliphatic rings. The van der Waals surface area contributed by atoms with Gasteiger partial charge in [-0.25, -0.2) is 4.79 Å². The number of amides is 2. The van der Waals surface area contributed by atoms with Crippen molar-refractivity contribution >= 4 is 52.3 Å². The first kappa shape index (κ1) is 24.5. The molecule has 0 aliphatic heterocycles. The molecule has 3 rings (SSSR count). The minimum atomic E-state index is -0.361. The molecule has 0 radical (unpaired) electrons. The summed E-state index contributed by atoms with van der Waals surface area (Å²) in [5.41, 5.74) is 1.77. The summed E-state index contributed by atoms with van der Waals surface area (Å²) >= 11 is 2.81. The van der Waals surface area contributed by atoms with Gasteiger partial charge in [0.25, 0.3) is 5.91 Å². The van der Waals surface area contributed by atoms with Crippen molar-refractivity contribution < 1.29 is 19.1 Å². The molecule has 6 nitrogen and oxygen atoms in total. The van der Waals surface area contributed by atoms with Crippen molar-refractivity contribution in [2.24, 2.45) is 0 Å². The van der Waals surface area contributed by atoms with Gasteiger partial charge >= 0.3 is 5.97 Å². The third-order valence-corrected chi connectivity index (χ3v) is 6.64. The first-order valence-electron chi connectivity index (χ1n) is 10.7. The van der Waals surface area contributed by atoms with E-state index in [4.69, 9.17) is 4.74 Å². The highest BCUT2D eigenvalue weighted by Crippen LogP contribution is 2.26. The average molecular weight is 483 g/mol. The van der Waals surface area contributed by atoms with Crippen LogP contribution < -0.4 is 10.6 Å². The largest absolute Gasteiger partial charge is 0.462 e. The molecule has 3 aromatic rings. The van der Waals surface area contributed by atoms with E-state index in [-0.39, 0.29) is 23.0 Å². The topological polar surface area (TPSA) is 84.5 Å². The fourth-order valence-corrected chi connectivity index (χ4v) is 4.29. The van der Waals surface area contributed by atoms with Gasteiger partial charge in [-0.2, -0.15) is 0 Å². The van der Waals surface area contributed by atoms with Crippen molar-refractivity contribution in [3.05, 3.63) is 76.5 Å². The van der Waals surface area contributed by atoms with Crippen molar-refractivity contribution in [1.82, 2.24) is 0 Å². The van der Waals surface area contributed by atoms with E-state index in [1.807, 2.05) is 49.6 Å². The summed E-state index contributed by atoms with van der Waals surface area (Å²) < 4.78 is 5.19. The summed E-state index contributed by atoms with van der Waals surface area (Å²) in [5, 5.41) is 7.24. The normalized spacial score (nSPS) is 11.5. The Morgan fingerprint density at radius 3 is 2.27 bits per heavy atom. The summed E-state index contributed by atoms with van der Waals surface area (Å²) in [6, 6.07) is 17.7. The Balaban J connectivity index is 1.49. The number of nitrogens with one attached hydrogen (secondary N) is 2. The highest BCUT2D eigenvalue weighted by Gasteiger charge is 2.15. The molecule has 2 aromatic carbocycles. The first-order chi connectivity index (χ1) is 16.0. The van der Waals surface area contributed by atoms with Crippen LogP contribution in [0, 0.1) is 0 Å². The second kappa shape index (κ2) is 12.2. The van der Waals surface area contributed by atoms with Gasteiger partial charge in [0.1, 0.15) is 0 Å². The van der Waals surface area contributed by atoms with Gasteiger partial charge in [0.15, 0.2) is 0 Å². The molecule has 172 valence electrons. The van der Waals surface area contributed by atoms with Crippen LogP contribution in [0.15, 0.2) is 70.9 Å². The van der Waals surface area contributed by atoms with Crippen LogP contribution in [0.2, 0.25) is 0 Å². The molecule has 1 heterocycles. The lowest BCUT2D eigenvalue weighted by atomic mass is 10.2. The Bertz CT molecular complexity index is 1060. The number of benzene rings is 2. The quantitative estimate of drug-likeness (QED) is 0.208. The number of hydrogen-bond acceptors (Lipinski definition) is 6. The Hall–Kier alpha value is -3.10. The molecule has 0 spiro atoms. The molecular formula is C25H26N2O4S2. The molecule has 0 aliphatic carbocycles. The molecule has 2 amide bonds. The lowest BCUT2D eigenvalue weighted by Crippen LogP contribution is -2.22. The zero-order valence-corrected chi connectivity index (χ0v) is 20.1. The van der Waals surface area contributed by atoms with Crippen LogP contribution in [-0.2, 0) is 9.53 Å². The van der Waals surface area contributed by atoms with E-state index in [1.54, 1.807) is 30.3 Å². The third kappa shape index (κ3) is 7.47. The van der Waals surface area contributed by atoms with Crippen LogP contribution in [0.3, 0.4) is 0 Å². The van der Waals surface area contributed by atoms with E-state index >= 15 is 0 Å². The molecular weight excluding hydrogens is 456 g/mol. The monoisotopic (exact) mass is 482 g/mol. The summed E-state index contributed by atoms with van der Waals surface area (Å²) in [6.45, 7) is 4.27. The Kier molecular flexibility index (Phi) is 9.09. The number of carbonyl (C=O) groups is 3. The molecule has 1 aromatic heterocycles. The van der Waals surface area contributed by atoms with Crippen LogP contribution in [-0.4, -0.2) is 29.6 Å². The number of rotatable bonds is 10. The first-order valence-corrected chi connectivity index (χ1v) is 12.4. The third-order valence-electron chi connectivity index (χ3n) is 4.66. The minimum absolute atomic E-state index is 0.140. The van der Waals surface area contributed by atoms with E-state index in [1.165, 1.54) is 23.1 Å². The molecule has 33 heavy (non-hydrogen) atoms. The molecule has 0 fully saturated rings. The van der Waals surface area contributed by atoms with Gasteiger partial charge in [0, 0.05) is 16.3 Å². The zero-order chi connectivity index (χ0) is 23.6. The lowest BCUT2D eigenvalue weighted by Gasteiger charge is -2.13. The standard InChI is InChI=1S/C25H26N2O4S2/c1-3-4-15-31-25(30)18-7-9-19(10-8-18)26-23(28)17(2)33-21-13-11-20(12-14-21)27-24(29)22-6-5-16-32-22/h5-14,16-17H,3-4,15H2,1-2H3,(H,26,28)(H,27,29). The average Bonchev–Trinajstić information content (AvgIpc) is 3.36. The van der Waals surface area contributed by atoms with Gasteiger partial charge in [0.2, 0.25) is 5.91 Å². The number of carbonyl (C=O) groups excluding carboxylic acids is 3. The zero-order valence-electron chi connectivity index (χ0n) is 18.5. The number of unbranched alkanes of at least 4 members (excludes halogenated alkanes) is 1. The van der Waals surface area contributed by atoms with E-state index in [0.717, 1.165) is 17.7 Å². The van der Waals surface area contributed by atoms with Crippen molar-refractivity contribution in [1.29, 1.82) is 0 Å². The van der Waals surface area contributed by atoms with Crippen LogP contribution in [0.1, 0.15) is 46.7 Å². The van der Waals surface area contributed by atoms with Crippen molar-refractivity contribution in [3.8, 4) is 0 Å². The number of esters is 1. The number of thioether (sulfide) groups is 1. The number of anilines is 2. The van der Waals surface area contributed by atoms with Crippen molar-refractivity contribution in [2.45, 2.75) is 36.8 Å². The predicted molar refractivity (Wildman–Crippen MR) is 134 cm³/mol. The van der Waals surface area contributed by atoms with Crippen LogP contribution in [0.25, 0.3) is 0 Å². The second-order valence-corrected chi connectivity index (χ2v) is 9.63. The summed E-state index contributed by atoms with van der Waals surface area (Å²) in [7, 11) is 0.